The monoisotopic (exact) mass is 355 g/mol. The predicted octanol–water partition coefficient (Wildman–Crippen LogP) is 1.33. The fraction of sp³-hybridized carbons (Fsp3) is 0.316. The van der Waals surface area contributed by atoms with Crippen LogP contribution >= 0.6 is 0 Å². The molecule has 7 heteroatoms. The second-order valence-corrected chi connectivity index (χ2v) is 6.47. The zero-order valence-corrected chi connectivity index (χ0v) is 14.7. The fourth-order valence-electron chi connectivity index (χ4n) is 3.29. The zero-order valence-electron chi connectivity index (χ0n) is 14.7. The second-order valence-electron chi connectivity index (χ2n) is 6.47. The quantitative estimate of drug-likeness (QED) is 0.626. The van der Waals surface area contributed by atoms with E-state index in [1.54, 1.807) is 18.2 Å². The van der Waals surface area contributed by atoms with E-state index in [1.165, 1.54) is 16.7 Å². The average Bonchev–Trinajstić information content (AvgIpc) is 2.68. The predicted molar refractivity (Wildman–Crippen MR) is 101 cm³/mol. The molecule has 136 valence electrons. The average molecular weight is 355 g/mol. The highest BCUT2D eigenvalue weighted by Crippen LogP contribution is 2.23. The topological polar surface area (TPSA) is 79.9 Å². The number of hydrogen-bond donors (Lipinski definition) is 2. The lowest BCUT2D eigenvalue weighted by molar-refractivity contribution is -0.914. The first-order valence-electron chi connectivity index (χ1n) is 8.75. The van der Waals surface area contributed by atoms with Crippen molar-refractivity contribution in [1.82, 2.24) is 0 Å². The smallest absolute Gasteiger partial charge is 0.292 e. The summed E-state index contributed by atoms with van der Waals surface area (Å²) in [6, 6.07) is 16.2. The summed E-state index contributed by atoms with van der Waals surface area (Å²) in [6.45, 7) is 5.32. The van der Waals surface area contributed by atoms with Gasteiger partial charge in [-0.25, -0.2) is 0 Å². The summed E-state index contributed by atoms with van der Waals surface area (Å²) in [6.07, 6.45) is 0. The number of carbonyl (C=O) groups is 1. The van der Waals surface area contributed by atoms with Crippen LogP contribution in [0.2, 0.25) is 0 Å². The lowest BCUT2D eigenvalue weighted by Crippen LogP contribution is -3.19. The van der Waals surface area contributed by atoms with Crippen molar-refractivity contribution in [2.24, 2.45) is 0 Å². The first-order chi connectivity index (χ1) is 12.6. The standard InChI is InChI=1S/C19H22N4O3/c1-15(19(24)20-17-9-5-6-10-18(17)23(25)26)21-11-13-22(14-12-21)16-7-3-2-4-8-16/h2-10,15H,11-14H2,1H3,(H,20,24)/p+1/t15-/m0/s1. The maximum atomic E-state index is 12.6. The molecule has 1 aliphatic rings. The largest absolute Gasteiger partial charge is 0.360 e. The van der Waals surface area contributed by atoms with Crippen LogP contribution in [0.5, 0.6) is 0 Å². The molecule has 2 aromatic carbocycles. The Morgan fingerprint density at radius 3 is 2.38 bits per heavy atom. The fourth-order valence-corrected chi connectivity index (χ4v) is 3.29. The van der Waals surface area contributed by atoms with Gasteiger partial charge in [-0.3, -0.25) is 14.9 Å². The van der Waals surface area contributed by atoms with E-state index in [9.17, 15) is 14.9 Å². The molecule has 1 saturated heterocycles. The number of nitro benzene ring substituents is 1. The minimum absolute atomic E-state index is 0.0862. The molecule has 0 aromatic heterocycles. The molecule has 26 heavy (non-hydrogen) atoms. The maximum Gasteiger partial charge on any atom is 0.292 e. The molecule has 1 atom stereocenters. The number of nitrogens with one attached hydrogen (secondary N) is 2. The van der Waals surface area contributed by atoms with Crippen LogP contribution in [0.4, 0.5) is 17.1 Å². The second kappa shape index (κ2) is 7.97. The highest BCUT2D eigenvalue weighted by atomic mass is 16.6. The van der Waals surface area contributed by atoms with E-state index in [0.29, 0.717) is 0 Å². The number of para-hydroxylation sites is 3. The summed E-state index contributed by atoms with van der Waals surface area (Å²) in [4.78, 5) is 26.7. The third-order valence-electron chi connectivity index (χ3n) is 4.89. The van der Waals surface area contributed by atoms with Gasteiger partial charge in [0.2, 0.25) is 0 Å². The number of nitrogens with zero attached hydrogens (tertiary/aromatic N) is 2. The van der Waals surface area contributed by atoms with Crippen molar-refractivity contribution in [2.75, 3.05) is 36.4 Å². The molecule has 0 saturated carbocycles. The number of rotatable bonds is 5. The first-order valence-corrected chi connectivity index (χ1v) is 8.75. The molecular weight excluding hydrogens is 332 g/mol. The van der Waals surface area contributed by atoms with Gasteiger partial charge in [0.05, 0.1) is 31.1 Å². The Morgan fingerprint density at radius 1 is 1.12 bits per heavy atom. The first kappa shape index (κ1) is 17.9. The Morgan fingerprint density at radius 2 is 1.73 bits per heavy atom. The maximum absolute atomic E-state index is 12.6. The molecule has 0 radical (unpaired) electrons. The number of anilines is 2. The van der Waals surface area contributed by atoms with Crippen molar-refractivity contribution < 1.29 is 14.6 Å². The lowest BCUT2D eigenvalue weighted by Gasteiger charge is -2.36. The van der Waals surface area contributed by atoms with Crippen molar-refractivity contribution in [3.63, 3.8) is 0 Å². The van der Waals surface area contributed by atoms with Crippen LogP contribution in [0.15, 0.2) is 54.6 Å². The van der Waals surface area contributed by atoms with Crippen LogP contribution in [0.3, 0.4) is 0 Å². The Labute approximate surface area is 152 Å². The van der Waals surface area contributed by atoms with Gasteiger partial charge in [0, 0.05) is 11.8 Å². The molecule has 1 aliphatic heterocycles. The number of benzene rings is 2. The van der Waals surface area contributed by atoms with Crippen molar-refractivity contribution in [1.29, 1.82) is 0 Å². The normalized spacial score (nSPS) is 16.1. The Kier molecular flexibility index (Phi) is 5.48. The van der Waals surface area contributed by atoms with Crippen molar-refractivity contribution in [3.05, 3.63) is 64.7 Å². The van der Waals surface area contributed by atoms with Crippen LogP contribution < -0.4 is 15.1 Å². The number of piperazine rings is 1. The molecule has 1 heterocycles. The van der Waals surface area contributed by atoms with Gasteiger partial charge in [0.25, 0.3) is 11.6 Å². The van der Waals surface area contributed by atoms with E-state index in [2.05, 4.69) is 22.3 Å². The van der Waals surface area contributed by atoms with E-state index < -0.39 is 4.92 Å². The molecule has 1 amide bonds. The van der Waals surface area contributed by atoms with Crippen LogP contribution in [-0.2, 0) is 4.79 Å². The molecule has 2 aromatic rings. The molecule has 2 N–H and O–H groups in total. The molecule has 0 unspecified atom stereocenters. The number of nitro groups is 1. The van der Waals surface area contributed by atoms with Gasteiger partial charge in [0.1, 0.15) is 5.69 Å². The van der Waals surface area contributed by atoms with Gasteiger partial charge < -0.3 is 15.1 Å². The van der Waals surface area contributed by atoms with E-state index in [0.717, 1.165) is 26.2 Å². The molecule has 1 fully saturated rings. The summed E-state index contributed by atoms with van der Waals surface area (Å²) in [5.74, 6) is -0.192. The minimum Gasteiger partial charge on any atom is -0.360 e. The molecule has 0 bridgehead atoms. The Balaban J connectivity index is 1.59. The highest BCUT2D eigenvalue weighted by Gasteiger charge is 2.30. The zero-order chi connectivity index (χ0) is 18.5. The number of hydrogen-bond acceptors (Lipinski definition) is 4. The summed E-state index contributed by atoms with van der Waals surface area (Å²) >= 11 is 0. The molecule has 0 aliphatic carbocycles. The number of quaternary nitrogens is 1. The summed E-state index contributed by atoms with van der Waals surface area (Å²) in [5, 5.41) is 13.8. The SMILES string of the molecule is C[C@@H](C(=O)Nc1ccccc1[N+](=O)[O-])[NH+]1CCN(c2ccccc2)CC1. The van der Waals surface area contributed by atoms with Crippen molar-refractivity contribution >= 4 is 23.0 Å². The van der Waals surface area contributed by atoms with Crippen LogP contribution in [0.1, 0.15) is 6.92 Å². The van der Waals surface area contributed by atoms with Gasteiger partial charge in [-0.2, -0.15) is 0 Å². The Hall–Kier alpha value is -2.93. The summed E-state index contributed by atoms with van der Waals surface area (Å²) in [7, 11) is 0. The van der Waals surface area contributed by atoms with Crippen LogP contribution in [0.25, 0.3) is 0 Å². The van der Waals surface area contributed by atoms with Gasteiger partial charge in [-0.05, 0) is 25.1 Å². The number of amides is 1. The highest BCUT2D eigenvalue weighted by molar-refractivity contribution is 5.95. The third-order valence-corrected chi connectivity index (χ3v) is 4.89. The van der Waals surface area contributed by atoms with Gasteiger partial charge in [-0.15, -0.1) is 0 Å². The van der Waals surface area contributed by atoms with E-state index >= 15 is 0 Å². The summed E-state index contributed by atoms with van der Waals surface area (Å²) < 4.78 is 0. The van der Waals surface area contributed by atoms with E-state index in [4.69, 9.17) is 0 Å². The van der Waals surface area contributed by atoms with Gasteiger partial charge >= 0.3 is 0 Å². The van der Waals surface area contributed by atoms with Crippen LogP contribution in [-0.4, -0.2) is 43.1 Å². The van der Waals surface area contributed by atoms with Gasteiger partial charge in [-0.1, -0.05) is 30.3 Å². The van der Waals surface area contributed by atoms with Crippen molar-refractivity contribution in [2.45, 2.75) is 13.0 Å². The summed E-state index contributed by atoms with van der Waals surface area (Å²) in [5.41, 5.74) is 1.36. The van der Waals surface area contributed by atoms with E-state index in [1.807, 2.05) is 25.1 Å². The molecular formula is C19H23N4O3+. The molecule has 7 nitrogen and oxygen atoms in total. The minimum atomic E-state index is -0.480. The van der Waals surface area contributed by atoms with Crippen molar-refractivity contribution in [3.8, 4) is 0 Å². The molecule has 0 spiro atoms. The molecule has 3 rings (SSSR count). The van der Waals surface area contributed by atoms with Gasteiger partial charge in [0.15, 0.2) is 6.04 Å². The Bertz CT molecular complexity index is 773. The lowest BCUT2D eigenvalue weighted by atomic mass is 10.2. The number of carbonyl (C=O) groups excluding carboxylic acids is 1. The third kappa shape index (κ3) is 4.00. The van der Waals surface area contributed by atoms with E-state index in [-0.39, 0.29) is 23.3 Å². The van der Waals surface area contributed by atoms with Crippen LogP contribution in [0, 0.1) is 10.1 Å².